The number of carbonyl (C=O) groups is 1. The summed E-state index contributed by atoms with van der Waals surface area (Å²) in [5, 5.41) is 6.31. The normalized spacial score (nSPS) is 19.8. The first kappa shape index (κ1) is 13.1. The van der Waals surface area contributed by atoms with Gasteiger partial charge in [0.2, 0.25) is 0 Å². The molecule has 0 spiro atoms. The van der Waals surface area contributed by atoms with Crippen molar-refractivity contribution in [3.8, 4) is 0 Å². The van der Waals surface area contributed by atoms with Crippen molar-refractivity contribution < 1.29 is 9.21 Å². The van der Waals surface area contributed by atoms with Crippen LogP contribution in [-0.2, 0) is 6.42 Å². The van der Waals surface area contributed by atoms with Crippen molar-refractivity contribution in [1.29, 1.82) is 0 Å². The Morgan fingerprint density at radius 2 is 2.44 bits per heavy atom. The van der Waals surface area contributed by atoms with Gasteiger partial charge in [0.25, 0.3) is 5.91 Å². The van der Waals surface area contributed by atoms with E-state index in [1.807, 2.05) is 19.9 Å². The fourth-order valence-electron chi connectivity index (χ4n) is 2.41. The second kappa shape index (κ2) is 6.05. The first-order valence-electron chi connectivity index (χ1n) is 6.79. The minimum atomic E-state index is -0.0941. The van der Waals surface area contributed by atoms with Crippen molar-refractivity contribution in [2.24, 2.45) is 5.92 Å². The molecule has 0 aliphatic carbocycles. The van der Waals surface area contributed by atoms with E-state index < -0.39 is 0 Å². The molecule has 0 saturated carbocycles. The van der Waals surface area contributed by atoms with Gasteiger partial charge in [0, 0.05) is 13.0 Å². The maximum Gasteiger partial charge on any atom is 0.287 e. The molecule has 2 N–H and O–H groups in total. The molecule has 1 aliphatic heterocycles. The summed E-state index contributed by atoms with van der Waals surface area (Å²) in [6, 6.07) is 1.83. The zero-order chi connectivity index (χ0) is 13.0. The van der Waals surface area contributed by atoms with Gasteiger partial charge in [0.05, 0.1) is 0 Å². The molecule has 1 amide bonds. The molecule has 4 nitrogen and oxygen atoms in total. The molecule has 2 heterocycles. The van der Waals surface area contributed by atoms with Gasteiger partial charge in [-0.2, -0.15) is 0 Å². The number of amides is 1. The number of piperidine rings is 1. The highest BCUT2D eigenvalue weighted by Gasteiger charge is 2.17. The Morgan fingerprint density at radius 1 is 1.61 bits per heavy atom. The number of hydrogen-bond donors (Lipinski definition) is 2. The Kier molecular flexibility index (Phi) is 4.42. The Bertz CT molecular complexity index is 406. The summed E-state index contributed by atoms with van der Waals surface area (Å²) in [7, 11) is 0. The molecule has 0 radical (unpaired) electrons. The van der Waals surface area contributed by atoms with Crippen LogP contribution in [0.1, 0.15) is 41.6 Å². The number of rotatable bonds is 4. The smallest absolute Gasteiger partial charge is 0.287 e. The van der Waals surface area contributed by atoms with Crippen molar-refractivity contribution in [3.05, 3.63) is 23.2 Å². The maximum atomic E-state index is 11.9. The molecule has 1 atom stereocenters. The van der Waals surface area contributed by atoms with E-state index in [4.69, 9.17) is 4.42 Å². The van der Waals surface area contributed by atoms with Crippen LogP contribution in [0.3, 0.4) is 0 Å². The van der Waals surface area contributed by atoms with Gasteiger partial charge in [-0.25, -0.2) is 0 Å². The number of furan rings is 1. The lowest BCUT2D eigenvalue weighted by molar-refractivity contribution is 0.0915. The molecule has 1 saturated heterocycles. The van der Waals surface area contributed by atoms with Gasteiger partial charge in [-0.3, -0.25) is 4.79 Å². The molecule has 1 aromatic heterocycles. The molecule has 1 aliphatic rings. The maximum absolute atomic E-state index is 11.9. The summed E-state index contributed by atoms with van der Waals surface area (Å²) in [5.74, 6) is 1.79. The zero-order valence-corrected chi connectivity index (χ0v) is 11.2. The van der Waals surface area contributed by atoms with E-state index in [-0.39, 0.29) is 5.91 Å². The van der Waals surface area contributed by atoms with E-state index in [0.29, 0.717) is 11.7 Å². The van der Waals surface area contributed by atoms with Gasteiger partial charge in [-0.15, -0.1) is 0 Å². The lowest BCUT2D eigenvalue weighted by Crippen LogP contribution is -2.38. The fraction of sp³-hybridized carbons (Fsp3) is 0.643. The number of nitrogens with one attached hydrogen (secondary N) is 2. The van der Waals surface area contributed by atoms with Gasteiger partial charge in [0.15, 0.2) is 5.76 Å². The highest BCUT2D eigenvalue weighted by atomic mass is 16.4. The summed E-state index contributed by atoms with van der Waals surface area (Å²) in [5.41, 5.74) is 1.06. The van der Waals surface area contributed by atoms with Crippen LogP contribution >= 0.6 is 0 Å². The van der Waals surface area contributed by atoms with Gasteiger partial charge in [-0.1, -0.05) is 6.92 Å². The molecule has 18 heavy (non-hydrogen) atoms. The van der Waals surface area contributed by atoms with E-state index in [0.717, 1.165) is 37.4 Å². The predicted octanol–water partition coefficient (Wildman–Crippen LogP) is 1.88. The molecule has 0 aromatic carbocycles. The summed E-state index contributed by atoms with van der Waals surface area (Å²) >= 11 is 0. The Balaban J connectivity index is 1.86. The van der Waals surface area contributed by atoms with E-state index in [9.17, 15) is 4.79 Å². The van der Waals surface area contributed by atoms with Crippen LogP contribution in [0, 0.1) is 12.8 Å². The van der Waals surface area contributed by atoms with E-state index in [2.05, 4.69) is 10.6 Å². The monoisotopic (exact) mass is 250 g/mol. The van der Waals surface area contributed by atoms with Gasteiger partial charge in [0.1, 0.15) is 5.76 Å². The standard InChI is InChI=1S/C14H22N2O2/c1-3-12-10(2)7-13(18-12)14(17)16-9-11-5-4-6-15-8-11/h7,11,15H,3-6,8-9H2,1-2H3,(H,16,17)/t11-/m0/s1. The average Bonchev–Trinajstić information content (AvgIpc) is 2.78. The Morgan fingerprint density at radius 3 is 3.06 bits per heavy atom. The molecule has 0 unspecified atom stereocenters. The second-order valence-electron chi connectivity index (χ2n) is 4.99. The molecule has 0 bridgehead atoms. The Labute approximate surface area is 108 Å². The zero-order valence-electron chi connectivity index (χ0n) is 11.2. The minimum absolute atomic E-state index is 0.0941. The van der Waals surface area contributed by atoms with Gasteiger partial charge in [-0.05, 0) is 50.4 Å². The largest absolute Gasteiger partial charge is 0.456 e. The van der Waals surface area contributed by atoms with Crippen LogP contribution in [-0.4, -0.2) is 25.5 Å². The molecule has 1 aromatic rings. The molecular weight excluding hydrogens is 228 g/mol. The molecule has 1 fully saturated rings. The van der Waals surface area contributed by atoms with Crippen LogP contribution in [0.15, 0.2) is 10.5 Å². The first-order chi connectivity index (χ1) is 8.70. The highest BCUT2D eigenvalue weighted by molar-refractivity contribution is 5.91. The first-order valence-corrected chi connectivity index (χ1v) is 6.79. The summed E-state index contributed by atoms with van der Waals surface area (Å²) < 4.78 is 5.54. The van der Waals surface area contributed by atoms with Crippen LogP contribution in [0.2, 0.25) is 0 Å². The SMILES string of the molecule is CCc1oc(C(=O)NC[C@H]2CCCNC2)cc1C. The third kappa shape index (κ3) is 3.13. The predicted molar refractivity (Wildman–Crippen MR) is 70.7 cm³/mol. The van der Waals surface area contributed by atoms with Crippen molar-refractivity contribution in [2.45, 2.75) is 33.1 Å². The topological polar surface area (TPSA) is 54.3 Å². The van der Waals surface area contributed by atoms with Gasteiger partial charge < -0.3 is 15.1 Å². The number of hydrogen-bond acceptors (Lipinski definition) is 3. The summed E-state index contributed by atoms with van der Waals surface area (Å²) in [6.45, 7) is 6.83. The van der Waals surface area contributed by atoms with Crippen molar-refractivity contribution in [1.82, 2.24) is 10.6 Å². The van der Waals surface area contributed by atoms with Crippen molar-refractivity contribution in [2.75, 3.05) is 19.6 Å². The van der Waals surface area contributed by atoms with Crippen LogP contribution in [0.5, 0.6) is 0 Å². The summed E-state index contributed by atoms with van der Waals surface area (Å²) in [4.78, 5) is 11.9. The highest BCUT2D eigenvalue weighted by Crippen LogP contribution is 2.15. The number of aryl methyl sites for hydroxylation is 2. The molecule has 2 rings (SSSR count). The van der Waals surface area contributed by atoms with Gasteiger partial charge >= 0.3 is 0 Å². The quantitative estimate of drug-likeness (QED) is 0.858. The average molecular weight is 250 g/mol. The minimum Gasteiger partial charge on any atom is -0.456 e. The van der Waals surface area contributed by atoms with Crippen LogP contribution < -0.4 is 10.6 Å². The fourth-order valence-corrected chi connectivity index (χ4v) is 2.41. The van der Waals surface area contributed by atoms with E-state index >= 15 is 0 Å². The van der Waals surface area contributed by atoms with Crippen LogP contribution in [0.25, 0.3) is 0 Å². The van der Waals surface area contributed by atoms with Crippen LogP contribution in [0.4, 0.5) is 0 Å². The second-order valence-corrected chi connectivity index (χ2v) is 4.99. The third-order valence-corrected chi connectivity index (χ3v) is 3.52. The van der Waals surface area contributed by atoms with E-state index in [1.54, 1.807) is 0 Å². The van der Waals surface area contributed by atoms with Crippen molar-refractivity contribution >= 4 is 5.91 Å². The van der Waals surface area contributed by atoms with E-state index in [1.165, 1.54) is 12.8 Å². The molecular formula is C14H22N2O2. The Hall–Kier alpha value is -1.29. The number of carbonyl (C=O) groups excluding carboxylic acids is 1. The lowest BCUT2D eigenvalue weighted by Gasteiger charge is -2.22. The third-order valence-electron chi connectivity index (χ3n) is 3.52. The molecule has 4 heteroatoms. The summed E-state index contributed by atoms with van der Waals surface area (Å²) in [6.07, 6.45) is 3.21. The molecule has 100 valence electrons. The lowest BCUT2D eigenvalue weighted by atomic mass is 10.00. The van der Waals surface area contributed by atoms with Crippen molar-refractivity contribution in [3.63, 3.8) is 0 Å².